The van der Waals surface area contributed by atoms with Crippen LogP contribution in [-0.4, -0.2) is 7.11 Å². The zero-order valence-corrected chi connectivity index (χ0v) is 19.4. The first-order chi connectivity index (χ1) is 16.1. The average molecular weight is 432 g/mol. The second kappa shape index (κ2) is 10.5. The van der Waals surface area contributed by atoms with E-state index in [1.54, 1.807) is 7.11 Å². The van der Waals surface area contributed by atoms with Crippen LogP contribution >= 0.6 is 0 Å². The van der Waals surface area contributed by atoms with E-state index in [0.717, 1.165) is 22.7 Å². The van der Waals surface area contributed by atoms with Crippen LogP contribution < -0.4 is 10.1 Å². The first kappa shape index (κ1) is 22.2. The summed E-state index contributed by atoms with van der Waals surface area (Å²) in [6.45, 7) is 4.27. The van der Waals surface area contributed by atoms with Crippen molar-refractivity contribution in [1.82, 2.24) is 0 Å². The van der Waals surface area contributed by atoms with Crippen molar-refractivity contribution in [3.8, 4) is 5.75 Å². The minimum atomic E-state index is 0.852. The normalized spacial score (nSPS) is 10.8. The SMILES string of the molecule is COc1ccc(Nc2ccc(/C=C/C=C(c3cccc(C)c3)c3cccc(C)c3)cc2)cc1. The van der Waals surface area contributed by atoms with E-state index < -0.39 is 0 Å². The molecule has 0 atom stereocenters. The Balaban J connectivity index is 1.53. The Morgan fingerprint density at radius 2 is 1.24 bits per heavy atom. The lowest BCUT2D eigenvalue weighted by molar-refractivity contribution is 0.415. The Hall–Kier alpha value is -4.04. The summed E-state index contributed by atoms with van der Waals surface area (Å²) in [5.41, 5.74) is 9.42. The third kappa shape index (κ3) is 6.02. The van der Waals surface area contributed by atoms with Crippen LogP contribution in [0.15, 0.2) is 109 Å². The molecule has 0 fully saturated rings. The molecule has 2 heteroatoms. The summed E-state index contributed by atoms with van der Waals surface area (Å²) in [6, 6.07) is 33.7. The molecule has 4 aromatic carbocycles. The zero-order valence-electron chi connectivity index (χ0n) is 19.4. The molecule has 164 valence electrons. The largest absolute Gasteiger partial charge is 0.497 e. The first-order valence-electron chi connectivity index (χ1n) is 11.1. The van der Waals surface area contributed by atoms with Crippen molar-refractivity contribution >= 4 is 23.0 Å². The highest BCUT2D eigenvalue weighted by Crippen LogP contribution is 2.26. The molecule has 0 heterocycles. The summed E-state index contributed by atoms with van der Waals surface area (Å²) in [5.74, 6) is 0.852. The van der Waals surface area contributed by atoms with Gasteiger partial charge >= 0.3 is 0 Å². The van der Waals surface area contributed by atoms with Gasteiger partial charge in [0.1, 0.15) is 5.75 Å². The van der Waals surface area contributed by atoms with Gasteiger partial charge in [0.2, 0.25) is 0 Å². The Morgan fingerprint density at radius 3 is 1.76 bits per heavy atom. The van der Waals surface area contributed by atoms with E-state index in [1.807, 2.05) is 24.3 Å². The number of methoxy groups -OCH3 is 1. The Kier molecular flexibility index (Phi) is 7.06. The molecule has 0 saturated carbocycles. The number of anilines is 2. The second-order valence-electron chi connectivity index (χ2n) is 8.15. The summed E-state index contributed by atoms with van der Waals surface area (Å²) in [5, 5.41) is 3.42. The van der Waals surface area contributed by atoms with E-state index in [2.05, 4.69) is 110 Å². The maximum absolute atomic E-state index is 5.22. The lowest BCUT2D eigenvalue weighted by Crippen LogP contribution is -1.90. The van der Waals surface area contributed by atoms with Crippen LogP contribution in [0.3, 0.4) is 0 Å². The van der Waals surface area contributed by atoms with Crippen LogP contribution in [0.4, 0.5) is 11.4 Å². The fraction of sp³-hybridized carbons (Fsp3) is 0.0968. The monoisotopic (exact) mass is 431 g/mol. The average Bonchev–Trinajstić information content (AvgIpc) is 2.83. The highest BCUT2D eigenvalue weighted by Gasteiger charge is 2.05. The number of allylic oxidation sites excluding steroid dienone is 2. The van der Waals surface area contributed by atoms with Crippen molar-refractivity contribution in [3.63, 3.8) is 0 Å². The van der Waals surface area contributed by atoms with Crippen LogP contribution in [0.25, 0.3) is 11.6 Å². The summed E-state index contributed by atoms with van der Waals surface area (Å²) in [4.78, 5) is 0. The lowest BCUT2D eigenvalue weighted by Gasteiger charge is -2.10. The van der Waals surface area contributed by atoms with Crippen LogP contribution in [0, 0.1) is 13.8 Å². The first-order valence-corrected chi connectivity index (χ1v) is 11.1. The van der Waals surface area contributed by atoms with Crippen LogP contribution in [0.5, 0.6) is 5.75 Å². The molecule has 0 aliphatic carbocycles. The van der Waals surface area contributed by atoms with E-state index >= 15 is 0 Å². The van der Waals surface area contributed by atoms with Gasteiger partial charge in [0.25, 0.3) is 0 Å². The summed E-state index contributed by atoms with van der Waals surface area (Å²) >= 11 is 0. The molecule has 4 rings (SSSR count). The molecule has 1 N–H and O–H groups in total. The van der Waals surface area contributed by atoms with Gasteiger partial charge in [-0.2, -0.15) is 0 Å². The Morgan fingerprint density at radius 1 is 0.697 bits per heavy atom. The molecule has 0 aliphatic heterocycles. The Labute approximate surface area is 196 Å². The van der Waals surface area contributed by atoms with Crippen molar-refractivity contribution < 1.29 is 4.74 Å². The minimum Gasteiger partial charge on any atom is -0.497 e. The number of nitrogens with one attached hydrogen (secondary N) is 1. The molecule has 0 amide bonds. The molecule has 0 radical (unpaired) electrons. The third-order valence-corrected chi connectivity index (χ3v) is 5.50. The van der Waals surface area contributed by atoms with Gasteiger partial charge in [-0.15, -0.1) is 0 Å². The molecule has 0 spiro atoms. The smallest absolute Gasteiger partial charge is 0.119 e. The second-order valence-corrected chi connectivity index (χ2v) is 8.15. The summed E-state index contributed by atoms with van der Waals surface area (Å²) < 4.78 is 5.22. The molecule has 33 heavy (non-hydrogen) atoms. The van der Waals surface area contributed by atoms with E-state index in [4.69, 9.17) is 4.74 Å². The van der Waals surface area contributed by atoms with Crippen molar-refractivity contribution in [3.05, 3.63) is 137 Å². The topological polar surface area (TPSA) is 21.3 Å². The number of rotatable bonds is 7. The van der Waals surface area contributed by atoms with Gasteiger partial charge in [0.15, 0.2) is 0 Å². The van der Waals surface area contributed by atoms with E-state index in [0.29, 0.717) is 0 Å². The van der Waals surface area contributed by atoms with Gasteiger partial charge in [0.05, 0.1) is 7.11 Å². The van der Waals surface area contributed by atoms with E-state index in [1.165, 1.54) is 27.8 Å². The van der Waals surface area contributed by atoms with Crippen molar-refractivity contribution in [1.29, 1.82) is 0 Å². The highest BCUT2D eigenvalue weighted by atomic mass is 16.5. The minimum absolute atomic E-state index is 0.852. The molecular weight excluding hydrogens is 402 g/mol. The number of ether oxygens (including phenoxy) is 1. The predicted molar refractivity (Wildman–Crippen MR) is 141 cm³/mol. The van der Waals surface area contributed by atoms with E-state index in [-0.39, 0.29) is 0 Å². The summed E-state index contributed by atoms with van der Waals surface area (Å²) in [6.07, 6.45) is 6.47. The van der Waals surface area contributed by atoms with Gasteiger partial charge in [-0.1, -0.05) is 90.0 Å². The standard InChI is InChI=1S/C31H29NO/c1-23-7-4-10-26(21-23)31(27-11-5-8-24(2)22-27)12-6-9-25-13-15-28(16-14-25)32-29-17-19-30(33-3)20-18-29/h4-22,32H,1-3H3/b9-6+. The number of aryl methyl sites for hydroxylation is 2. The lowest BCUT2D eigenvalue weighted by atomic mass is 9.95. The fourth-order valence-corrected chi connectivity index (χ4v) is 3.76. The van der Waals surface area contributed by atoms with Gasteiger partial charge < -0.3 is 10.1 Å². The highest BCUT2D eigenvalue weighted by molar-refractivity contribution is 5.82. The summed E-state index contributed by atoms with van der Waals surface area (Å²) in [7, 11) is 1.68. The molecule has 0 saturated heterocycles. The maximum Gasteiger partial charge on any atom is 0.119 e. The van der Waals surface area contributed by atoms with Crippen molar-refractivity contribution in [2.24, 2.45) is 0 Å². The fourth-order valence-electron chi connectivity index (χ4n) is 3.76. The molecule has 0 aliphatic rings. The predicted octanol–water partition coefficient (Wildman–Crippen LogP) is 8.20. The van der Waals surface area contributed by atoms with Crippen molar-refractivity contribution in [2.75, 3.05) is 12.4 Å². The van der Waals surface area contributed by atoms with E-state index in [9.17, 15) is 0 Å². The van der Waals surface area contributed by atoms with Crippen molar-refractivity contribution in [2.45, 2.75) is 13.8 Å². The van der Waals surface area contributed by atoms with Gasteiger partial charge in [-0.05, 0) is 72.5 Å². The van der Waals surface area contributed by atoms with Gasteiger partial charge in [0, 0.05) is 11.4 Å². The zero-order chi connectivity index (χ0) is 23.0. The number of hydrogen-bond acceptors (Lipinski definition) is 2. The maximum atomic E-state index is 5.22. The number of benzene rings is 4. The number of hydrogen-bond donors (Lipinski definition) is 1. The molecule has 0 aromatic heterocycles. The van der Waals surface area contributed by atoms with Gasteiger partial charge in [-0.3, -0.25) is 0 Å². The molecular formula is C31H29NO. The van der Waals surface area contributed by atoms with Crippen LogP contribution in [0.2, 0.25) is 0 Å². The molecule has 2 nitrogen and oxygen atoms in total. The van der Waals surface area contributed by atoms with Crippen LogP contribution in [0.1, 0.15) is 27.8 Å². The quantitative estimate of drug-likeness (QED) is 0.298. The molecule has 4 aromatic rings. The molecule has 0 unspecified atom stereocenters. The third-order valence-electron chi connectivity index (χ3n) is 5.50. The molecule has 0 bridgehead atoms. The van der Waals surface area contributed by atoms with Gasteiger partial charge in [-0.25, -0.2) is 0 Å². The Bertz CT molecular complexity index is 1220. The van der Waals surface area contributed by atoms with Crippen LogP contribution in [-0.2, 0) is 0 Å².